The van der Waals surface area contributed by atoms with Crippen LogP contribution < -0.4 is 10.1 Å². The van der Waals surface area contributed by atoms with E-state index in [4.69, 9.17) is 4.74 Å². The van der Waals surface area contributed by atoms with Gasteiger partial charge in [0, 0.05) is 29.8 Å². The fourth-order valence-corrected chi connectivity index (χ4v) is 3.81. The van der Waals surface area contributed by atoms with E-state index in [1.165, 1.54) is 24.3 Å². The number of ether oxygens (including phenoxy) is 1. The lowest BCUT2D eigenvalue weighted by Crippen LogP contribution is -2.50. The van der Waals surface area contributed by atoms with Crippen molar-refractivity contribution >= 4 is 5.69 Å². The van der Waals surface area contributed by atoms with Crippen molar-refractivity contribution in [2.45, 2.75) is 49.5 Å². The van der Waals surface area contributed by atoms with Crippen LogP contribution in [0.1, 0.15) is 27.8 Å². The summed E-state index contributed by atoms with van der Waals surface area (Å²) in [6.07, 6.45) is -19.8. The van der Waals surface area contributed by atoms with Crippen LogP contribution in [0.25, 0.3) is 0 Å². The highest BCUT2D eigenvalue weighted by Gasteiger charge is 2.73. The van der Waals surface area contributed by atoms with Crippen LogP contribution in [0.2, 0.25) is 0 Å². The molecular weight excluding hydrogens is 617 g/mol. The molecule has 0 heterocycles. The number of aliphatic hydroxyl groups excluding tert-OH is 1. The molecule has 3 nitrogen and oxygen atoms in total. The van der Waals surface area contributed by atoms with Crippen molar-refractivity contribution in [3.63, 3.8) is 0 Å². The Morgan fingerprint density at radius 3 is 1.84 bits per heavy atom. The van der Waals surface area contributed by atoms with Gasteiger partial charge in [-0.3, -0.25) is 0 Å². The molecule has 3 aromatic carbocycles. The average Bonchev–Trinajstić information content (AvgIpc) is 2.90. The fraction of sp³-hybridized carbons (Fsp3) is 0.333. The first-order valence-corrected chi connectivity index (χ1v) is 12.0. The van der Waals surface area contributed by atoms with Crippen LogP contribution in [0.3, 0.4) is 0 Å². The Hall–Kier alpha value is -3.69. The molecule has 0 unspecified atom stereocenters. The minimum absolute atomic E-state index is 0.00246. The Kier molecular flexibility index (Phi) is 9.54. The molecule has 0 aromatic heterocycles. The predicted molar refractivity (Wildman–Crippen MR) is 127 cm³/mol. The molecular formula is C27H20F13NO2. The van der Waals surface area contributed by atoms with Crippen molar-refractivity contribution < 1.29 is 66.9 Å². The minimum atomic E-state index is -6.60. The van der Waals surface area contributed by atoms with Gasteiger partial charge in [-0.1, -0.05) is 36.4 Å². The number of hydrogen-bond donors (Lipinski definition) is 2. The van der Waals surface area contributed by atoms with Crippen LogP contribution in [0.4, 0.5) is 62.8 Å². The quantitative estimate of drug-likeness (QED) is 0.219. The summed E-state index contributed by atoms with van der Waals surface area (Å²) in [6.45, 7) is -1.65. The second-order valence-electron chi connectivity index (χ2n) is 9.23. The van der Waals surface area contributed by atoms with Crippen LogP contribution in [0, 0.1) is 0 Å². The third kappa shape index (κ3) is 7.83. The Bertz CT molecular complexity index is 1400. The van der Waals surface area contributed by atoms with E-state index in [0.717, 1.165) is 30.3 Å². The van der Waals surface area contributed by atoms with Crippen molar-refractivity contribution in [2.75, 3.05) is 11.9 Å². The second kappa shape index (κ2) is 12.1. The van der Waals surface area contributed by atoms with Gasteiger partial charge >= 0.3 is 30.4 Å². The van der Waals surface area contributed by atoms with Gasteiger partial charge in [0.05, 0.1) is 5.56 Å². The molecule has 0 amide bonds. The molecule has 0 saturated carbocycles. The maximum Gasteiger partial charge on any atom is 0.460 e. The van der Waals surface area contributed by atoms with Gasteiger partial charge in [0.2, 0.25) is 0 Å². The normalized spacial score (nSPS) is 14.0. The van der Waals surface area contributed by atoms with Gasteiger partial charge in [-0.2, -0.15) is 57.1 Å². The largest absolute Gasteiger partial charge is 0.489 e. The highest BCUT2D eigenvalue weighted by molar-refractivity contribution is 5.59. The van der Waals surface area contributed by atoms with Crippen molar-refractivity contribution in [3.05, 3.63) is 94.5 Å². The number of aliphatic hydroxyl groups is 1. The molecule has 0 fully saturated rings. The number of halogens is 13. The zero-order valence-electron chi connectivity index (χ0n) is 21.3. The van der Waals surface area contributed by atoms with E-state index in [0.29, 0.717) is 12.1 Å². The molecule has 0 aliphatic rings. The van der Waals surface area contributed by atoms with Gasteiger partial charge in [0.1, 0.15) is 12.4 Å². The molecule has 0 aliphatic heterocycles. The molecule has 43 heavy (non-hydrogen) atoms. The zero-order valence-corrected chi connectivity index (χ0v) is 21.3. The van der Waals surface area contributed by atoms with Gasteiger partial charge in [-0.15, -0.1) is 0 Å². The van der Waals surface area contributed by atoms with E-state index in [-0.39, 0.29) is 28.1 Å². The van der Waals surface area contributed by atoms with Crippen molar-refractivity contribution in [1.29, 1.82) is 0 Å². The summed E-state index contributed by atoms with van der Waals surface area (Å²) >= 11 is 0. The zero-order chi connectivity index (χ0) is 32.4. The highest BCUT2D eigenvalue weighted by Crippen LogP contribution is 2.52. The lowest BCUT2D eigenvalue weighted by Gasteiger charge is -2.28. The van der Waals surface area contributed by atoms with Crippen LogP contribution in [-0.2, 0) is 25.1 Å². The topological polar surface area (TPSA) is 41.5 Å². The molecule has 3 rings (SSSR count). The third-order valence-corrected chi connectivity index (χ3v) is 6.07. The first-order chi connectivity index (χ1) is 19.6. The molecule has 0 radical (unpaired) electrons. The predicted octanol–water partition coefficient (Wildman–Crippen LogP) is 8.50. The molecule has 2 N–H and O–H groups in total. The van der Waals surface area contributed by atoms with Gasteiger partial charge in [-0.05, 0) is 41.5 Å². The van der Waals surface area contributed by atoms with Gasteiger partial charge in [0.15, 0.2) is 6.10 Å². The highest BCUT2D eigenvalue weighted by atomic mass is 19.4. The summed E-state index contributed by atoms with van der Waals surface area (Å²) in [7, 11) is 0. The Balaban J connectivity index is 2.00. The molecule has 0 saturated heterocycles. The molecule has 0 bridgehead atoms. The Labute approximate surface area is 234 Å². The average molecular weight is 637 g/mol. The number of nitrogens with one attached hydrogen (secondary N) is 1. The smallest absolute Gasteiger partial charge is 0.460 e. The maximum atomic E-state index is 14.3. The van der Waals surface area contributed by atoms with Gasteiger partial charge < -0.3 is 15.2 Å². The number of benzene rings is 3. The first kappa shape index (κ1) is 33.8. The SMILES string of the molecule is O[C@H](CNc1cccc(OCc2cccc(C(F)(F)F)c2)c1Cc1cccc(C(F)(F)C(F)(F)C(F)(F)F)c1)C(F)(F)F. The molecule has 0 spiro atoms. The second-order valence-corrected chi connectivity index (χ2v) is 9.23. The van der Waals surface area contributed by atoms with Crippen LogP contribution in [-0.4, -0.2) is 36.0 Å². The van der Waals surface area contributed by atoms with Gasteiger partial charge in [0.25, 0.3) is 0 Å². The molecule has 236 valence electrons. The van der Waals surface area contributed by atoms with Crippen molar-refractivity contribution in [3.8, 4) is 5.75 Å². The van der Waals surface area contributed by atoms with Gasteiger partial charge in [-0.25, -0.2) is 0 Å². The number of alkyl halides is 13. The van der Waals surface area contributed by atoms with E-state index >= 15 is 0 Å². The lowest BCUT2D eigenvalue weighted by atomic mass is 9.96. The summed E-state index contributed by atoms with van der Waals surface area (Å²) in [6, 6.07) is 10.0. The molecule has 1 atom stereocenters. The summed E-state index contributed by atoms with van der Waals surface area (Å²) in [5.74, 6) is -12.4. The number of hydrogen-bond acceptors (Lipinski definition) is 3. The van der Waals surface area contributed by atoms with Crippen molar-refractivity contribution in [2.24, 2.45) is 0 Å². The molecule has 0 aliphatic carbocycles. The fourth-order valence-electron chi connectivity index (χ4n) is 3.81. The lowest BCUT2D eigenvalue weighted by molar-refractivity contribution is -0.359. The summed E-state index contributed by atoms with van der Waals surface area (Å²) in [5, 5.41) is 11.6. The summed E-state index contributed by atoms with van der Waals surface area (Å²) < 4.78 is 177. The minimum Gasteiger partial charge on any atom is -0.489 e. The third-order valence-electron chi connectivity index (χ3n) is 6.07. The summed E-state index contributed by atoms with van der Waals surface area (Å²) in [5.41, 5.74) is -3.35. The standard InChI is InChI=1S/C27H20F13NO2/c28-23(29,26(36,37)27(38,39)40)17-6-1-4-15(10-17)12-19-20(41-13-22(42)25(33,34)35)8-3-9-21(19)43-14-16-5-2-7-18(11-16)24(30,31)32/h1-11,22,41-42H,12-14H2/t22-/m1/s1. The van der Waals surface area contributed by atoms with Crippen LogP contribution >= 0.6 is 0 Å². The summed E-state index contributed by atoms with van der Waals surface area (Å²) in [4.78, 5) is 0. The molecule has 16 heteroatoms. The van der Waals surface area contributed by atoms with E-state index < -0.39 is 67.2 Å². The monoisotopic (exact) mass is 637 g/mol. The Morgan fingerprint density at radius 2 is 1.26 bits per heavy atom. The number of anilines is 1. The van der Waals surface area contributed by atoms with E-state index in [2.05, 4.69) is 5.32 Å². The Morgan fingerprint density at radius 1 is 0.698 bits per heavy atom. The molecule has 3 aromatic rings. The van der Waals surface area contributed by atoms with Crippen molar-refractivity contribution in [1.82, 2.24) is 0 Å². The van der Waals surface area contributed by atoms with E-state index in [1.807, 2.05) is 0 Å². The van der Waals surface area contributed by atoms with E-state index in [9.17, 15) is 62.2 Å². The van der Waals surface area contributed by atoms with Crippen LogP contribution in [0.15, 0.2) is 66.7 Å². The maximum absolute atomic E-state index is 14.3. The number of rotatable bonds is 10. The van der Waals surface area contributed by atoms with Crippen LogP contribution in [0.5, 0.6) is 5.75 Å². The van der Waals surface area contributed by atoms with E-state index in [1.54, 1.807) is 0 Å². The first-order valence-electron chi connectivity index (χ1n) is 12.0.